The highest BCUT2D eigenvalue weighted by atomic mass is 16.6. The number of fused-ring (bicyclic) bond motifs is 3. The Labute approximate surface area is 228 Å². The Bertz CT molecular complexity index is 1340. The summed E-state index contributed by atoms with van der Waals surface area (Å²) in [6.45, 7) is 5.63. The van der Waals surface area contributed by atoms with Crippen molar-refractivity contribution in [2.45, 2.75) is 44.2 Å². The van der Waals surface area contributed by atoms with E-state index in [0.717, 1.165) is 22.3 Å². The molecule has 1 aliphatic heterocycles. The van der Waals surface area contributed by atoms with Gasteiger partial charge in [0.25, 0.3) is 5.91 Å². The Morgan fingerprint density at radius 2 is 1.49 bits per heavy atom. The third kappa shape index (κ3) is 5.60. The third-order valence-electron chi connectivity index (χ3n) is 7.07. The molecule has 3 aromatic carbocycles. The fourth-order valence-electron chi connectivity index (χ4n) is 5.27. The van der Waals surface area contributed by atoms with Crippen LogP contribution in [0.15, 0.2) is 78.9 Å². The molecule has 1 aliphatic carbocycles. The van der Waals surface area contributed by atoms with Crippen LogP contribution in [0.4, 0.5) is 15.3 Å². The van der Waals surface area contributed by atoms with Crippen molar-refractivity contribution in [2.75, 3.05) is 25.0 Å². The van der Waals surface area contributed by atoms with Gasteiger partial charge in [-0.05, 0) is 61.6 Å². The SMILES string of the molecule is CC(C)(C)OC(=O)NC1(C(=O)Nc2ccccc2)CCN(C(=O)OCC2c3ccccc3-c3ccccc32)C1. The summed E-state index contributed by atoms with van der Waals surface area (Å²) >= 11 is 0. The molecule has 8 heteroatoms. The van der Waals surface area contributed by atoms with Gasteiger partial charge in [0.15, 0.2) is 0 Å². The summed E-state index contributed by atoms with van der Waals surface area (Å²) in [7, 11) is 0. The fraction of sp³-hybridized carbons (Fsp3) is 0.323. The number of carbonyl (C=O) groups excluding carboxylic acids is 3. The highest BCUT2D eigenvalue weighted by Gasteiger charge is 2.48. The molecule has 0 radical (unpaired) electrons. The van der Waals surface area contributed by atoms with Gasteiger partial charge in [-0.15, -0.1) is 0 Å². The Balaban J connectivity index is 1.30. The number of alkyl carbamates (subject to hydrolysis) is 1. The molecular weight excluding hydrogens is 494 g/mol. The number of hydrogen-bond donors (Lipinski definition) is 2. The highest BCUT2D eigenvalue weighted by Crippen LogP contribution is 2.44. The monoisotopic (exact) mass is 527 g/mol. The number of hydrogen-bond acceptors (Lipinski definition) is 5. The Morgan fingerprint density at radius 1 is 0.897 bits per heavy atom. The summed E-state index contributed by atoms with van der Waals surface area (Å²) in [5, 5.41) is 5.62. The maximum absolute atomic E-state index is 13.5. The maximum atomic E-state index is 13.5. The van der Waals surface area contributed by atoms with Crippen LogP contribution in [0.3, 0.4) is 0 Å². The van der Waals surface area contributed by atoms with Gasteiger partial charge in [-0.25, -0.2) is 9.59 Å². The van der Waals surface area contributed by atoms with Crippen molar-refractivity contribution in [1.29, 1.82) is 0 Å². The van der Waals surface area contributed by atoms with E-state index in [1.54, 1.807) is 45.0 Å². The van der Waals surface area contributed by atoms with E-state index in [-0.39, 0.29) is 32.0 Å². The summed E-state index contributed by atoms with van der Waals surface area (Å²) in [5.41, 5.74) is 3.01. The number of benzene rings is 3. The zero-order chi connectivity index (χ0) is 27.6. The number of nitrogens with zero attached hydrogens (tertiary/aromatic N) is 1. The van der Waals surface area contributed by atoms with E-state index in [0.29, 0.717) is 5.69 Å². The molecule has 1 fully saturated rings. The summed E-state index contributed by atoms with van der Waals surface area (Å²) < 4.78 is 11.2. The van der Waals surface area contributed by atoms with Gasteiger partial charge in [0, 0.05) is 18.2 Å². The smallest absolute Gasteiger partial charge is 0.409 e. The number of anilines is 1. The van der Waals surface area contributed by atoms with Crippen LogP contribution in [0.25, 0.3) is 11.1 Å². The van der Waals surface area contributed by atoms with Crippen LogP contribution in [0, 0.1) is 0 Å². The summed E-state index contributed by atoms with van der Waals surface area (Å²) in [4.78, 5) is 40.9. The van der Waals surface area contributed by atoms with Crippen LogP contribution < -0.4 is 10.6 Å². The zero-order valence-corrected chi connectivity index (χ0v) is 22.4. The van der Waals surface area contributed by atoms with E-state index in [1.807, 2.05) is 30.3 Å². The lowest BCUT2D eigenvalue weighted by Crippen LogP contribution is -2.59. The average molecular weight is 528 g/mol. The number of rotatable bonds is 5. The minimum absolute atomic E-state index is 0.0401. The standard InChI is InChI=1S/C31H33N3O5/c1-30(2,3)39-28(36)33-31(27(35)32-21-11-5-4-6-12-21)17-18-34(20-31)29(37)38-19-26-24-15-9-7-13-22(24)23-14-8-10-16-25(23)26/h4-16,26H,17-20H2,1-3H3,(H,32,35)(H,33,36). The summed E-state index contributed by atoms with van der Waals surface area (Å²) in [6, 6.07) is 25.3. The molecule has 0 spiro atoms. The molecule has 0 bridgehead atoms. The maximum Gasteiger partial charge on any atom is 0.409 e. The number of nitrogens with one attached hydrogen (secondary N) is 2. The minimum atomic E-state index is -1.37. The fourth-order valence-corrected chi connectivity index (χ4v) is 5.27. The number of likely N-dealkylation sites (tertiary alicyclic amines) is 1. The van der Waals surface area contributed by atoms with Crippen LogP contribution in [-0.2, 0) is 14.3 Å². The van der Waals surface area contributed by atoms with Crippen LogP contribution >= 0.6 is 0 Å². The van der Waals surface area contributed by atoms with Gasteiger partial charge >= 0.3 is 12.2 Å². The van der Waals surface area contributed by atoms with Gasteiger partial charge < -0.3 is 25.0 Å². The molecule has 2 aliphatic rings. The minimum Gasteiger partial charge on any atom is -0.448 e. The summed E-state index contributed by atoms with van der Waals surface area (Å²) in [5.74, 6) is -0.497. The normalized spacial score (nSPS) is 18.2. The molecule has 1 heterocycles. The van der Waals surface area contributed by atoms with Gasteiger partial charge in [0.05, 0.1) is 6.54 Å². The topological polar surface area (TPSA) is 97.0 Å². The molecule has 8 nitrogen and oxygen atoms in total. The Hall–Kier alpha value is -4.33. The van der Waals surface area contributed by atoms with Crippen LogP contribution in [0.2, 0.25) is 0 Å². The highest BCUT2D eigenvalue weighted by molar-refractivity contribution is 6.01. The van der Waals surface area contributed by atoms with Crippen molar-refractivity contribution in [2.24, 2.45) is 0 Å². The average Bonchev–Trinajstić information content (AvgIpc) is 3.47. The molecule has 0 saturated carbocycles. The second-order valence-electron chi connectivity index (χ2n) is 11.0. The first-order valence-corrected chi connectivity index (χ1v) is 13.1. The van der Waals surface area contributed by atoms with Crippen molar-refractivity contribution in [1.82, 2.24) is 10.2 Å². The largest absolute Gasteiger partial charge is 0.448 e. The van der Waals surface area contributed by atoms with Crippen LogP contribution in [0.1, 0.15) is 44.2 Å². The summed E-state index contributed by atoms with van der Waals surface area (Å²) in [6.07, 6.45) is -1.04. The molecule has 5 rings (SSSR count). The molecule has 1 saturated heterocycles. The number of ether oxygens (including phenoxy) is 2. The van der Waals surface area contributed by atoms with Gasteiger partial charge in [-0.1, -0.05) is 66.7 Å². The van der Waals surface area contributed by atoms with E-state index < -0.39 is 29.2 Å². The third-order valence-corrected chi connectivity index (χ3v) is 7.07. The van der Waals surface area contributed by atoms with Crippen molar-refractivity contribution >= 4 is 23.8 Å². The number of amides is 3. The Kier molecular flexibility index (Phi) is 7.04. The first-order chi connectivity index (χ1) is 18.7. The predicted molar refractivity (Wildman–Crippen MR) is 148 cm³/mol. The van der Waals surface area contributed by atoms with Gasteiger partial charge in [0.1, 0.15) is 17.7 Å². The first kappa shape index (κ1) is 26.3. The van der Waals surface area contributed by atoms with Gasteiger partial charge in [-0.2, -0.15) is 0 Å². The molecule has 3 aromatic rings. The molecule has 0 aromatic heterocycles. The van der Waals surface area contributed by atoms with E-state index in [1.165, 1.54) is 4.90 Å². The Morgan fingerprint density at radius 3 is 2.10 bits per heavy atom. The van der Waals surface area contributed by atoms with E-state index in [2.05, 4.69) is 34.9 Å². The molecule has 3 amide bonds. The van der Waals surface area contributed by atoms with E-state index >= 15 is 0 Å². The molecule has 39 heavy (non-hydrogen) atoms. The molecular formula is C31H33N3O5. The lowest BCUT2D eigenvalue weighted by Gasteiger charge is -2.30. The zero-order valence-electron chi connectivity index (χ0n) is 22.4. The van der Waals surface area contributed by atoms with Gasteiger partial charge in [0.2, 0.25) is 0 Å². The van der Waals surface area contributed by atoms with Crippen molar-refractivity contribution in [3.05, 3.63) is 90.0 Å². The van der Waals surface area contributed by atoms with Crippen LogP contribution in [-0.4, -0.2) is 53.8 Å². The van der Waals surface area contributed by atoms with Crippen molar-refractivity contribution in [3.8, 4) is 11.1 Å². The van der Waals surface area contributed by atoms with Crippen molar-refractivity contribution in [3.63, 3.8) is 0 Å². The predicted octanol–water partition coefficient (Wildman–Crippen LogP) is 5.54. The molecule has 1 atom stereocenters. The van der Waals surface area contributed by atoms with E-state index in [9.17, 15) is 14.4 Å². The quantitative estimate of drug-likeness (QED) is 0.454. The van der Waals surface area contributed by atoms with E-state index in [4.69, 9.17) is 9.47 Å². The number of carbonyl (C=O) groups is 3. The first-order valence-electron chi connectivity index (χ1n) is 13.1. The molecule has 1 unspecified atom stereocenters. The van der Waals surface area contributed by atoms with Crippen molar-refractivity contribution < 1.29 is 23.9 Å². The lowest BCUT2D eigenvalue weighted by molar-refractivity contribution is -0.122. The molecule has 2 N–H and O–H groups in total. The van der Waals surface area contributed by atoms with Crippen LogP contribution in [0.5, 0.6) is 0 Å². The second kappa shape index (κ2) is 10.4. The molecule has 202 valence electrons. The van der Waals surface area contributed by atoms with Gasteiger partial charge in [-0.3, -0.25) is 4.79 Å². The second-order valence-corrected chi connectivity index (χ2v) is 11.0. The number of para-hydroxylation sites is 1. The lowest BCUT2D eigenvalue weighted by atomic mass is 9.97.